The molecule has 0 saturated heterocycles. The Morgan fingerprint density at radius 2 is 1.88 bits per heavy atom. The van der Waals surface area contributed by atoms with Crippen molar-refractivity contribution in [3.8, 4) is 11.5 Å². The summed E-state index contributed by atoms with van der Waals surface area (Å²) in [5.74, 6) is 0.892. The smallest absolute Gasteiger partial charge is 0.363 e. The Balaban J connectivity index is 1.94. The van der Waals surface area contributed by atoms with E-state index in [1.807, 2.05) is 0 Å². The van der Waals surface area contributed by atoms with E-state index >= 15 is 0 Å². The number of rotatable bonds is 4. The number of hydrogen-bond donors (Lipinski definition) is 0. The third-order valence-corrected chi connectivity index (χ3v) is 3.64. The van der Waals surface area contributed by atoms with Gasteiger partial charge in [0.15, 0.2) is 17.2 Å². The van der Waals surface area contributed by atoms with Gasteiger partial charge in [-0.2, -0.15) is 0 Å². The topological polar surface area (TPSA) is 57.1 Å². The summed E-state index contributed by atoms with van der Waals surface area (Å²) in [6, 6.07) is 12.3. The van der Waals surface area contributed by atoms with Crippen molar-refractivity contribution in [2.24, 2.45) is 4.99 Å². The van der Waals surface area contributed by atoms with Gasteiger partial charge < -0.3 is 14.2 Å². The Hall–Kier alpha value is -2.79. The molecule has 0 aliphatic carbocycles. The number of aliphatic imine (C=N–C) groups is 1. The fourth-order valence-corrected chi connectivity index (χ4v) is 2.44. The quantitative estimate of drug-likeness (QED) is 0.627. The number of halogens is 1. The average molecular weight is 344 g/mol. The highest BCUT2D eigenvalue weighted by atomic mass is 35.5. The second-order valence-electron chi connectivity index (χ2n) is 4.96. The molecular weight excluding hydrogens is 330 g/mol. The van der Waals surface area contributed by atoms with Crippen LogP contribution in [0.15, 0.2) is 53.2 Å². The number of methoxy groups -OCH3 is 2. The monoisotopic (exact) mass is 343 g/mol. The third kappa shape index (κ3) is 3.26. The normalized spacial score (nSPS) is 15.2. The largest absolute Gasteiger partial charge is 0.493 e. The van der Waals surface area contributed by atoms with Crippen molar-refractivity contribution in [1.29, 1.82) is 0 Å². The molecule has 0 amide bonds. The summed E-state index contributed by atoms with van der Waals surface area (Å²) in [4.78, 5) is 16.3. The minimum absolute atomic E-state index is 0.206. The van der Waals surface area contributed by atoms with Crippen LogP contribution in [0, 0.1) is 0 Å². The second-order valence-corrected chi connectivity index (χ2v) is 5.40. The van der Waals surface area contributed by atoms with Gasteiger partial charge in [-0.05, 0) is 42.0 Å². The zero-order chi connectivity index (χ0) is 17.1. The molecule has 122 valence electrons. The molecule has 0 radical (unpaired) electrons. The summed E-state index contributed by atoms with van der Waals surface area (Å²) < 4.78 is 15.7. The van der Waals surface area contributed by atoms with Gasteiger partial charge in [-0.25, -0.2) is 9.79 Å². The molecule has 1 heterocycles. The van der Waals surface area contributed by atoms with Crippen LogP contribution in [0.4, 0.5) is 0 Å². The SMILES string of the molecule is COc1ccc(/C=C2\N=C(c3cccc(Cl)c3)OC2=O)cc1OC. The number of hydrogen-bond acceptors (Lipinski definition) is 5. The molecule has 1 aliphatic rings. The van der Waals surface area contributed by atoms with Crippen LogP contribution in [0.5, 0.6) is 11.5 Å². The Morgan fingerprint density at radius 1 is 1.08 bits per heavy atom. The number of cyclic esters (lactones) is 1. The number of carbonyl (C=O) groups is 1. The predicted octanol–water partition coefficient (Wildman–Crippen LogP) is 3.70. The Kier molecular flexibility index (Phi) is 4.53. The van der Waals surface area contributed by atoms with Gasteiger partial charge in [0.2, 0.25) is 5.90 Å². The maximum absolute atomic E-state index is 12.0. The van der Waals surface area contributed by atoms with Gasteiger partial charge in [0, 0.05) is 10.6 Å². The van der Waals surface area contributed by atoms with Gasteiger partial charge in [-0.1, -0.05) is 23.7 Å². The van der Waals surface area contributed by atoms with Crippen LogP contribution in [0.2, 0.25) is 5.02 Å². The zero-order valence-corrected chi connectivity index (χ0v) is 13.8. The summed E-state index contributed by atoms with van der Waals surface area (Å²) in [6.07, 6.45) is 1.63. The highest BCUT2D eigenvalue weighted by Crippen LogP contribution is 2.29. The highest BCUT2D eigenvalue weighted by molar-refractivity contribution is 6.31. The first-order valence-corrected chi connectivity index (χ1v) is 7.49. The van der Waals surface area contributed by atoms with Crippen LogP contribution in [0.1, 0.15) is 11.1 Å². The number of nitrogens with zero attached hydrogens (tertiary/aromatic N) is 1. The van der Waals surface area contributed by atoms with Crippen molar-refractivity contribution in [3.05, 3.63) is 64.3 Å². The van der Waals surface area contributed by atoms with E-state index in [9.17, 15) is 4.79 Å². The van der Waals surface area contributed by atoms with Gasteiger partial charge in [0.1, 0.15) is 0 Å². The van der Waals surface area contributed by atoms with Gasteiger partial charge in [-0.15, -0.1) is 0 Å². The summed E-state index contributed by atoms with van der Waals surface area (Å²) >= 11 is 5.95. The summed E-state index contributed by atoms with van der Waals surface area (Å²) in [5.41, 5.74) is 1.60. The molecule has 0 bridgehead atoms. The van der Waals surface area contributed by atoms with Gasteiger partial charge in [0.05, 0.1) is 14.2 Å². The summed E-state index contributed by atoms with van der Waals surface area (Å²) in [6.45, 7) is 0. The van der Waals surface area contributed by atoms with Crippen LogP contribution < -0.4 is 9.47 Å². The molecule has 2 aromatic rings. The van der Waals surface area contributed by atoms with Crippen molar-refractivity contribution in [2.75, 3.05) is 14.2 Å². The van der Waals surface area contributed by atoms with Crippen molar-refractivity contribution in [2.45, 2.75) is 0 Å². The molecule has 0 fully saturated rings. The van der Waals surface area contributed by atoms with Crippen LogP contribution in [0.3, 0.4) is 0 Å². The lowest BCUT2D eigenvalue weighted by Gasteiger charge is -2.07. The standard InChI is InChI=1S/C18H14ClNO4/c1-22-15-7-6-11(9-16(15)23-2)8-14-18(21)24-17(20-14)12-4-3-5-13(19)10-12/h3-10H,1-2H3/b14-8-. The van der Waals surface area contributed by atoms with Gasteiger partial charge >= 0.3 is 5.97 Å². The number of esters is 1. The molecule has 0 aromatic heterocycles. The molecule has 0 saturated carbocycles. The molecule has 0 N–H and O–H groups in total. The van der Waals surface area contributed by atoms with Crippen molar-refractivity contribution in [1.82, 2.24) is 0 Å². The van der Waals surface area contributed by atoms with Gasteiger partial charge in [0.25, 0.3) is 0 Å². The molecular formula is C18H14ClNO4. The fraction of sp³-hybridized carbons (Fsp3) is 0.111. The molecule has 0 unspecified atom stereocenters. The first-order valence-electron chi connectivity index (χ1n) is 7.11. The maximum atomic E-state index is 12.0. The van der Waals surface area contributed by atoms with Crippen molar-refractivity contribution in [3.63, 3.8) is 0 Å². The molecule has 0 spiro atoms. The third-order valence-electron chi connectivity index (χ3n) is 3.40. The first kappa shape index (κ1) is 16.1. The fourth-order valence-electron chi connectivity index (χ4n) is 2.25. The second kappa shape index (κ2) is 6.76. The highest BCUT2D eigenvalue weighted by Gasteiger charge is 2.24. The lowest BCUT2D eigenvalue weighted by atomic mass is 10.1. The van der Waals surface area contributed by atoms with E-state index in [-0.39, 0.29) is 11.6 Å². The maximum Gasteiger partial charge on any atom is 0.363 e. The number of carbonyl (C=O) groups excluding carboxylic acids is 1. The molecule has 0 atom stereocenters. The lowest BCUT2D eigenvalue weighted by molar-refractivity contribution is -0.129. The van der Waals surface area contributed by atoms with Crippen LogP contribution in [0.25, 0.3) is 6.08 Å². The van der Waals surface area contributed by atoms with E-state index in [0.29, 0.717) is 22.1 Å². The van der Waals surface area contributed by atoms with E-state index in [4.69, 9.17) is 25.8 Å². The zero-order valence-electron chi connectivity index (χ0n) is 13.1. The van der Waals surface area contributed by atoms with E-state index in [0.717, 1.165) is 5.56 Å². The van der Waals surface area contributed by atoms with Crippen LogP contribution >= 0.6 is 11.6 Å². The van der Waals surface area contributed by atoms with E-state index in [2.05, 4.69) is 4.99 Å². The molecule has 6 heteroatoms. The van der Waals surface area contributed by atoms with E-state index < -0.39 is 5.97 Å². The number of benzene rings is 2. The molecule has 24 heavy (non-hydrogen) atoms. The average Bonchev–Trinajstić information content (AvgIpc) is 2.95. The predicted molar refractivity (Wildman–Crippen MR) is 91.6 cm³/mol. The van der Waals surface area contributed by atoms with E-state index in [1.165, 1.54) is 0 Å². The molecule has 3 rings (SSSR count). The number of ether oxygens (including phenoxy) is 3. The van der Waals surface area contributed by atoms with E-state index in [1.54, 1.807) is 62.8 Å². The van der Waals surface area contributed by atoms with Gasteiger partial charge in [-0.3, -0.25) is 0 Å². The van der Waals surface area contributed by atoms with Crippen molar-refractivity contribution >= 4 is 29.5 Å². The van der Waals surface area contributed by atoms with Crippen molar-refractivity contribution < 1.29 is 19.0 Å². The molecule has 1 aliphatic heterocycles. The minimum Gasteiger partial charge on any atom is -0.493 e. The summed E-state index contributed by atoms with van der Waals surface area (Å²) in [5, 5.41) is 0.545. The first-order chi connectivity index (χ1) is 11.6. The van der Waals surface area contributed by atoms with Crippen LogP contribution in [-0.2, 0) is 9.53 Å². The van der Waals surface area contributed by atoms with Crippen LogP contribution in [-0.4, -0.2) is 26.1 Å². The minimum atomic E-state index is -0.514. The lowest BCUT2D eigenvalue weighted by Crippen LogP contribution is -2.05. The Labute approximate surface area is 144 Å². The summed E-state index contributed by atoms with van der Waals surface area (Å²) in [7, 11) is 3.11. The molecule has 2 aromatic carbocycles. The Bertz CT molecular complexity index is 858. The molecule has 5 nitrogen and oxygen atoms in total. The Morgan fingerprint density at radius 3 is 2.58 bits per heavy atom.